The number of aromatic nitrogens is 2. The number of nitrogens with one attached hydrogen (secondary N) is 2. The number of carbonyl (C=O) groups excluding carboxylic acids is 2. The van der Waals surface area contributed by atoms with Crippen LogP contribution in [0.15, 0.2) is 12.4 Å². The van der Waals surface area contributed by atoms with Crippen molar-refractivity contribution in [2.45, 2.75) is 32.9 Å². The Kier molecular flexibility index (Phi) is 5.50. The molecule has 0 unspecified atom stereocenters. The van der Waals surface area contributed by atoms with Crippen molar-refractivity contribution >= 4 is 17.5 Å². The highest BCUT2D eigenvalue weighted by Crippen LogP contribution is 2.08. The third-order valence-electron chi connectivity index (χ3n) is 2.55. The van der Waals surface area contributed by atoms with E-state index < -0.39 is 6.04 Å². The molecule has 0 aliphatic rings. The van der Waals surface area contributed by atoms with Crippen LogP contribution in [0.25, 0.3) is 0 Å². The molecular weight excluding hydrogens is 246 g/mol. The monoisotopic (exact) mass is 267 g/mol. The van der Waals surface area contributed by atoms with Crippen LogP contribution < -0.4 is 16.4 Å². The van der Waals surface area contributed by atoms with Crippen LogP contribution in [-0.2, 0) is 16.1 Å². The quantitative estimate of drug-likeness (QED) is 0.672. The summed E-state index contributed by atoms with van der Waals surface area (Å²) in [7, 11) is 1.56. The van der Waals surface area contributed by atoms with Crippen LogP contribution in [0.3, 0.4) is 0 Å². The smallest absolute Gasteiger partial charge is 0.241 e. The topological polar surface area (TPSA) is 102 Å². The number of carbonyl (C=O) groups is 2. The van der Waals surface area contributed by atoms with Gasteiger partial charge in [-0.3, -0.25) is 14.3 Å². The van der Waals surface area contributed by atoms with Crippen LogP contribution in [-0.4, -0.2) is 34.7 Å². The van der Waals surface area contributed by atoms with Gasteiger partial charge in [0.15, 0.2) is 0 Å². The minimum atomic E-state index is -0.540. The van der Waals surface area contributed by atoms with Gasteiger partial charge < -0.3 is 16.4 Å². The molecule has 0 aliphatic carbocycles. The van der Waals surface area contributed by atoms with Crippen LogP contribution in [0.4, 0.5) is 5.69 Å². The van der Waals surface area contributed by atoms with Crippen molar-refractivity contribution in [1.82, 2.24) is 15.1 Å². The molecule has 4 N–H and O–H groups in total. The normalized spacial score (nSPS) is 12.3. The molecule has 106 valence electrons. The third kappa shape index (κ3) is 5.09. The van der Waals surface area contributed by atoms with Crippen LogP contribution in [0.2, 0.25) is 0 Å². The maximum absolute atomic E-state index is 11.8. The van der Waals surface area contributed by atoms with Gasteiger partial charge in [0.1, 0.15) is 6.54 Å². The van der Waals surface area contributed by atoms with Gasteiger partial charge in [-0.25, -0.2) is 0 Å². The highest BCUT2D eigenvalue weighted by Gasteiger charge is 2.15. The average Bonchev–Trinajstić information content (AvgIpc) is 2.75. The lowest BCUT2D eigenvalue weighted by Crippen LogP contribution is -2.36. The van der Waals surface area contributed by atoms with Crippen molar-refractivity contribution in [1.29, 1.82) is 0 Å². The van der Waals surface area contributed by atoms with E-state index in [1.807, 2.05) is 13.8 Å². The van der Waals surface area contributed by atoms with E-state index in [1.165, 1.54) is 10.9 Å². The second-order valence-electron chi connectivity index (χ2n) is 4.83. The number of anilines is 1. The van der Waals surface area contributed by atoms with Crippen molar-refractivity contribution in [3.8, 4) is 0 Å². The van der Waals surface area contributed by atoms with E-state index in [9.17, 15) is 9.59 Å². The molecule has 1 rings (SSSR count). The van der Waals surface area contributed by atoms with Crippen LogP contribution in [0.1, 0.15) is 20.3 Å². The molecule has 0 aromatic carbocycles. The van der Waals surface area contributed by atoms with Crippen molar-refractivity contribution in [2.24, 2.45) is 11.7 Å². The van der Waals surface area contributed by atoms with Gasteiger partial charge in [-0.05, 0) is 12.3 Å². The number of nitrogens with two attached hydrogens (primary N) is 1. The Hall–Kier alpha value is -1.89. The minimum absolute atomic E-state index is 0.115. The predicted molar refractivity (Wildman–Crippen MR) is 72.4 cm³/mol. The summed E-state index contributed by atoms with van der Waals surface area (Å²) in [5, 5.41) is 9.15. The molecule has 0 fully saturated rings. The van der Waals surface area contributed by atoms with Gasteiger partial charge in [0, 0.05) is 13.2 Å². The third-order valence-corrected chi connectivity index (χ3v) is 2.55. The highest BCUT2D eigenvalue weighted by molar-refractivity contribution is 5.94. The molecule has 7 nitrogen and oxygen atoms in total. The van der Waals surface area contributed by atoms with E-state index in [4.69, 9.17) is 5.73 Å². The van der Waals surface area contributed by atoms with Gasteiger partial charge in [-0.2, -0.15) is 5.10 Å². The summed E-state index contributed by atoms with van der Waals surface area (Å²) < 4.78 is 1.45. The summed E-state index contributed by atoms with van der Waals surface area (Å²) in [6.07, 6.45) is 3.70. The Morgan fingerprint density at radius 2 is 2.16 bits per heavy atom. The number of rotatable bonds is 6. The molecule has 1 aromatic rings. The summed E-state index contributed by atoms with van der Waals surface area (Å²) in [6, 6.07) is -0.540. The molecule has 0 saturated carbocycles. The van der Waals surface area contributed by atoms with Gasteiger partial charge >= 0.3 is 0 Å². The molecule has 1 aromatic heterocycles. The number of likely N-dealkylation sites (N-methyl/N-ethyl adjacent to an activating group) is 1. The first-order valence-electron chi connectivity index (χ1n) is 6.21. The van der Waals surface area contributed by atoms with E-state index in [1.54, 1.807) is 13.2 Å². The zero-order chi connectivity index (χ0) is 14.4. The lowest BCUT2D eigenvalue weighted by Gasteiger charge is -2.12. The SMILES string of the molecule is CNC(=O)Cn1cc(NC(=O)[C@H](N)CC(C)C)cn1. The standard InChI is InChI=1S/C12H21N5O2/c1-8(2)4-10(13)12(19)16-9-5-15-17(6-9)7-11(18)14-3/h5-6,8,10H,4,7,13H2,1-3H3,(H,14,18)(H,16,19)/t10-/m1/s1. The molecule has 0 aliphatic heterocycles. The Morgan fingerprint density at radius 3 is 2.74 bits per heavy atom. The number of hydrogen-bond acceptors (Lipinski definition) is 4. The zero-order valence-corrected chi connectivity index (χ0v) is 11.5. The predicted octanol–water partition coefficient (Wildman–Crippen LogP) is -0.0590. The molecule has 0 radical (unpaired) electrons. The van der Waals surface area contributed by atoms with Gasteiger partial charge in [-0.1, -0.05) is 13.8 Å². The Bertz CT molecular complexity index is 441. The Labute approximate surface area is 112 Å². The number of nitrogens with zero attached hydrogens (tertiary/aromatic N) is 2. The number of hydrogen-bond donors (Lipinski definition) is 3. The maximum atomic E-state index is 11.8. The molecule has 0 saturated heterocycles. The Balaban J connectivity index is 2.53. The fourth-order valence-electron chi connectivity index (χ4n) is 1.59. The molecule has 19 heavy (non-hydrogen) atoms. The highest BCUT2D eigenvalue weighted by atomic mass is 16.2. The largest absolute Gasteiger partial charge is 0.358 e. The molecule has 2 amide bonds. The van der Waals surface area contributed by atoms with E-state index in [0.717, 1.165) is 0 Å². The second kappa shape index (κ2) is 6.89. The maximum Gasteiger partial charge on any atom is 0.241 e. The number of amides is 2. The summed E-state index contributed by atoms with van der Waals surface area (Å²) >= 11 is 0. The zero-order valence-electron chi connectivity index (χ0n) is 11.5. The summed E-state index contributed by atoms with van der Waals surface area (Å²) in [5.74, 6) is -0.0394. The summed E-state index contributed by atoms with van der Waals surface area (Å²) in [4.78, 5) is 22.9. The van der Waals surface area contributed by atoms with Gasteiger partial charge in [0.25, 0.3) is 0 Å². The Morgan fingerprint density at radius 1 is 1.47 bits per heavy atom. The summed E-state index contributed by atoms with van der Waals surface area (Å²) in [5.41, 5.74) is 6.31. The van der Waals surface area contributed by atoms with Crippen molar-refractivity contribution in [2.75, 3.05) is 12.4 Å². The van der Waals surface area contributed by atoms with Gasteiger partial charge in [0.05, 0.1) is 17.9 Å². The second-order valence-corrected chi connectivity index (χ2v) is 4.83. The van der Waals surface area contributed by atoms with Crippen molar-refractivity contribution < 1.29 is 9.59 Å². The molecule has 1 atom stereocenters. The van der Waals surface area contributed by atoms with Gasteiger partial charge in [0.2, 0.25) is 11.8 Å². The lowest BCUT2D eigenvalue weighted by atomic mass is 10.0. The van der Waals surface area contributed by atoms with Crippen LogP contribution in [0.5, 0.6) is 0 Å². The van der Waals surface area contributed by atoms with Crippen molar-refractivity contribution in [3.63, 3.8) is 0 Å². The van der Waals surface area contributed by atoms with E-state index in [2.05, 4.69) is 15.7 Å². The van der Waals surface area contributed by atoms with Crippen molar-refractivity contribution in [3.05, 3.63) is 12.4 Å². The molecule has 0 bridgehead atoms. The van der Waals surface area contributed by atoms with Crippen LogP contribution >= 0.6 is 0 Å². The average molecular weight is 267 g/mol. The fourth-order valence-corrected chi connectivity index (χ4v) is 1.59. The van der Waals surface area contributed by atoms with E-state index in [0.29, 0.717) is 18.0 Å². The van der Waals surface area contributed by atoms with E-state index in [-0.39, 0.29) is 18.4 Å². The molecular formula is C12H21N5O2. The molecule has 0 spiro atoms. The van der Waals surface area contributed by atoms with E-state index >= 15 is 0 Å². The van der Waals surface area contributed by atoms with Crippen LogP contribution in [0, 0.1) is 5.92 Å². The summed E-state index contributed by atoms with van der Waals surface area (Å²) in [6.45, 7) is 4.13. The molecule has 1 heterocycles. The molecule has 7 heteroatoms. The first-order valence-corrected chi connectivity index (χ1v) is 6.21. The lowest BCUT2D eigenvalue weighted by molar-refractivity contribution is -0.121. The fraction of sp³-hybridized carbons (Fsp3) is 0.583. The first kappa shape index (κ1) is 15.2. The first-order chi connectivity index (χ1) is 8.92. The minimum Gasteiger partial charge on any atom is -0.358 e. The van der Waals surface area contributed by atoms with Gasteiger partial charge in [-0.15, -0.1) is 0 Å².